The molecule has 102 valence electrons. The third kappa shape index (κ3) is 3.33. The molecule has 2 rings (SSSR count). The van der Waals surface area contributed by atoms with E-state index in [9.17, 15) is 0 Å². The first-order chi connectivity index (χ1) is 9.24. The van der Waals surface area contributed by atoms with E-state index in [1.807, 2.05) is 31.2 Å². The van der Waals surface area contributed by atoms with Gasteiger partial charge >= 0.3 is 0 Å². The van der Waals surface area contributed by atoms with Crippen LogP contribution in [0.4, 0.5) is 5.69 Å². The minimum Gasteiger partial charge on any atom is -0.377 e. The molecule has 0 spiro atoms. The first-order valence-corrected chi connectivity index (χ1v) is 6.16. The predicted molar refractivity (Wildman–Crippen MR) is 74.9 cm³/mol. The van der Waals surface area contributed by atoms with E-state index >= 15 is 0 Å². The minimum atomic E-state index is -0.282. The molecule has 0 amide bonds. The Bertz CT molecular complexity index is 495. The number of ether oxygens (including phenoxy) is 2. The van der Waals surface area contributed by atoms with Crippen molar-refractivity contribution in [1.29, 1.82) is 0 Å². The number of rotatable bonds is 6. The summed E-state index contributed by atoms with van der Waals surface area (Å²) in [7, 11) is 3.26. The Balaban J connectivity index is 2.11. The van der Waals surface area contributed by atoms with Crippen molar-refractivity contribution >= 4 is 5.69 Å². The van der Waals surface area contributed by atoms with E-state index in [0.717, 1.165) is 16.9 Å². The molecule has 2 N–H and O–H groups in total. The molecule has 1 atom stereocenters. The van der Waals surface area contributed by atoms with Gasteiger partial charge in [-0.05, 0) is 25.1 Å². The van der Waals surface area contributed by atoms with E-state index in [1.54, 1.807) is 20.4 Å². The average molecular weight is 261 g/mol. The van der Waals surface area contributed by atoms with Crippen molar-refractivity contribution in [2.24, 2.45) is 0 Å². The normalized spacial score (nSPS) is 12.6. The van der Waals surface area contributed by atoms with Crippen LogP contribution in [0.25, 0.3) is 11.3 Å². The lowest BCUT2D eigenvalue weighted by Gasteiger charge is -2.23. The zero-order valence-electron chi connectivity index (χ0n) is 11.4. The second-order valence-electron chi connectivity index (χ2n) is 4.32. The van der Waals surface area contributed by atoms with Crippen molar-refractivity contribution in [2.75, 3.05) is 19.5 Å². The Morgan fingerprint density at radius 3 is 2.63 bits per heavy atom. The maximum atomic E-state index is 5.24. The highest BCUT2D eigenvalue weighted by Crippen LogP contribution is 2.21. The topological polar surface area (TPSA) is 59.2 Å². The number of anilines is 1. The van der Waals surface area contributed by atoms with Crippen molar-refractivity contribution in [3.63, 3.8) is 0 Å². The van der Waals surface area contributed by atoms with Crippen LogP contribution in [0.3, 0.4) is 0 Å². The van der Waals surface area contributed by atoms with Gasteiger partial charge < -0.3 is 14.8 Å². The molecule has 0 bridgehead atoms. The van der Waals surface area contributed by atoms with Crippen LogP contribution in [-0.4, -0.2) is 36.7 Å². The quantitative estimate of drug-likeness (QED) is 0.784. The van der Waals surface area contributed by atoms with Crippen LogP contribution < -0.4 is 5.32 Å². The number of hydrogen-bond acceptors (Lipinski definition) is 4. The molecule has 1 aromatic carbocycles. The fourth-order valence-corrected chi connectivity index (χ4v) is 2.03. The maximum absolute atomic E-state index is 5.24. The molecule has 0 aliphatic carbocycles. The standard InChI is InChI=1S/C14H19N3O2/c1-10(14(18-2)19-3)16-12-6-4-5-11(9-12)13-7-8-15-17-13/h4-10,14,16H,1-3H3,(H,15,17). The molecule has 1 unspecified atom stereocenters. The van der Waals surface area contributed by atoms with Gasteiger partial charge in [-0.25, -0.2) is 0 Å². The van der Waals surface area contributed by atoms with Crippen LogP contribution >= 0.6 is 0 Å². The molecule has 0 aliphatic rings. The summed E-state index contributed by atoms with van der Waals surface area (Å²) in [6.07, 6.45) is 1.46. The molecule has 0 aliphatic heterocycles. The number of nitrogens with one attached hydrogen (secondary N) is 2. The van der Waals surface area contributed by atoms with Crippen LogP contribution in [0.15, 0.2) is 36.5 Å². The zero-order valence-corrected chi connectivity index (χ0v) is 11.4. The van der Waals surface area contributed by atoms with Crippen LogP contribution in [0.5, 0.6) is 0 Å². The Kier molecular flexibility index (Phi) is 4.54. The first-order valence-electron chi connectivity index (χ1n) is 6.16. The number of aromatic amines is 1. The summed E-state index contributed by atoms with van der Waals surface area (Å²) in [6.45, 7) is 2.01. The van der Waals surface area contributed by atoms with Gasteiger partial charge in [0.1, 0.15) is 0 Å². The van der Waals surface area contributed by atoms with E-state index in [0.29, 0.717) is 0 Å². The second kappa shape index (κ2) is 6.36. The average Bonchev–Trinajstić information content (AvgIpc) is 2.94. The van der Waals surface area contributed by atoms with E-state index in [1.165, 1.54) is 0 Å². The van der Waals surface area contributed by atoms with Crippen molar-refractivity contribution in [2.45, 2.75) is 19.3 Å². The van der Waals surface area contributed by atoms with Crippen molar-refractivity contribution in [3.05, 3.63) is 36.5 Å². The number of benzene rings is 1. The summed E-state index contributed by atoms with van der Waals surface area (Å²) < 4.78 is 10.5. The minimum absolute atomic E-state index is 0.0482. The fraction of sp³-hybridized carbons (Fsp3) is 0.357. The molecule has 1 aromatic heterocycles. The fourth-order valence-electron chi connectivity index (χ4n) is 2.03. The zero-order chi connectivity index (χ0) is 13.7. The number of hydrogen-bond donors (Lipinski definition) is 2. The lowest BCUT2D eigenvalue weighted by Crippen LogP contribution is -2.33. The van der Waals surface area contributed by atoms with Crippen LogP contribution in [-0.2, 0) is 9.47 Å². The van der Waals surface area contributed by atoms with E-state index in [4.69, 9.17) is 9.47 Å². The van der Waals surface area contributed by atoms with Gasteiger partial charge in [0.05, 0.1) is 11.7 Å². The molecule has 19 heavy (non-hydrogen) atoms. The predicted octanol–water partition coefficient (Wildman–Crippen LogP) is 2.50. The number of methoxy groups -OCH3 is 2. The van der Waals surface area contributed by atoms with Gasteiger partial charge in [-0.1, -0.05) is 12.1 Å². The monoisotopic (exact) mass is 261 g/mol. The molecule has 0 saturated heterocycles. The third-order valence-corrected chi connectivity index (χ3v) is 2.94. The largest absolute Gasteiger partial charge is 0.377 e. The van der Waals surface area contributed by atoms with Crippen LogP contribution in [0, 0.1) is 0 Å². The Morgan fingerprint density at radius 2 is 2.00 bits per heavy atom. The SMILES string of the molecule is COC(OC)C(C)Nc1cccc(-c2ccn[nH]2)c1. The molecule has 0 radical (unpaired) electrons. The van der Waals surface area contributed by atoms with E-state index in [2.05, 4.69) is 21.6 Å². The number of H-pyrrole nitrogens is 1. The van der Waals surface area contributed by atoms with Gasteiger partial charge in [0, 0.05) is 31.7 Å². The first kappa shape index (κ1) is 13.6. The molecule has 2 aromatic rings. The molecule has 5 nitrogen and oxygen atoms in total. The molecule has 1 heterocycles. The van der Waals surface area contributed by atoms with Gasteiger partial charge in [-0.15, -0.1) is 0 Å². The van der Waals surface area contributed by atoms with Crippen LogP contribution in [0.2, 0.25) is 0 Å². The van der Waals surface area contributed by atoms with Gasteiger partial charge in [-0.2, -0.15) is 5.10 Å². The Hall–Kier alpha value is -1.85. The lowest BCUT2D eigenvalue weighted by molar-refractivity contribution is -0.109. The highest BCUT2D eigenvalue weighted by atomic mass is 16.7. The molecule has 0 saturated carbocycles. The molecule has 0 fully saturated rings. The summed E-state index contributed by atoms with van der Waals surface area (Å²) in [5.74, 6) is 0. The number of nitrogens with zero attached hydrogens (tertiary/aromatic N) is 1. The summed E-state index contributed by atoms with van der Waals surface area (Å²) in [6, 6.07) is 10.1. The highest BCUT2D eigenvalue weighted by molar-refractivity contribution is 5.64. The van der Waals surface area contributed by atoms with Crippen molar-refractivity contribution < 1.29 is 9.47 Å². The second-order valence-corrected chi connectivity index (χ2v) is 4.32. The molecular weight excluding hydrogens is 242 g/mol. The van der Waals surface area contributed by atoms with E-state index < -0.39 is 0 Å². The maximum Gasteiger partial charge on any atom is 0.176 e. The number of aromatic nitrogens is 2. The Morgan fingerprint density at radius 1 is 1.21 bits per heavy atom. The Labute approximate surface area is 112 Å². The summed E-state index contributed by atoms with van der Waals surface area (Å²) in [5, 5.41) is 10.3. The molecule has 5 heteroatoms. The summed E-state index contributed by atoms with van der Waals surface area (Å²) >= 11 is 0. The summed E-state index contributed by atoms with van der Waals surface area (Å²) in [4.78, 5) is 0. The third-order valence-electron chi connectivity index (χ3n) is 2.94. The van der Waals surface area contributed by atoms with Gasteiger partial charge in [0.25, 0.3) is 0 Å². The van der Waals surface area contributed by atoms with Gasteiger partial charge in [0.2, 0.25) is 0 Å². The van der Waals surface area contributed by atoms with Crippen LogP contribution in [0.1, 0.15) is 6.92 Å². The van der Waals surface area contributed by atoms with Gasteiger partial charge in [-0.3, -0.25) is 5.10 Å². The summed E-state index contributed by atoms with van der Waals surface area (Å²) in [5.41, 5.74) is 3.09. The van der Waals surface area contributed by atoms with Gasteiger partial charge in [0.15, 0.2) is 6.29 Å². The highest BCUT2D eigenvalue weighted by Gasteiger charge is 2.15. The molecular formula is C14H19N3O2. The smallest absolute Gasteiger partial charge is 0.176 e. The van der Waals surface area contributed by atoms with Crippen molar-refractivity contribution in [1.82, 2.24) is 10.2 Å². The van der Waals surface area contributed by atoms with Crippen molar-refractivity contribution in [3.8, 4) is 11.3 Å². The van der Waals surface area contributed by atoms with E-state index in [-0.39, 0.29) is 12.3 Å². The lowest BCUT2D eigenvalue weighted by atomic mass is 10.1.